The van der Waals surface area contributed by atoms with Gasteiger partial charge in [-0.2, -0.15) is 0 Å². The largest absolute Gasteiger partial charge is 0.437 e. The highest BCUT2D eigenvalue weighted by atomic mass is 35.5. The van der Waals surface area contributed by atoms with Crippen molar-refractivity contribution in [1.82, 2.24) is 9.97 Å². The van der Waals surface area contributed by atoms with Gasteiger partial charge in [0.1, 0.15) is 16.9 Å². The Balaban J connectivity index is 1.77. The number of aromatic nitrogens is 2. The Morgan fingerprint density at radius 3 is 2.88 bits per heavy atom. The van der Waals surface area contributed by atoms with Crippen LogP contribution in [0, 0.1) is 10.1 Å². The number of fused-ring (bicyclic) bond motifs is 3. The van der Waals surface area contributed by atoms with Gasteiger partial charge in [0.05, 0.1) is 15.3 Å². The molecule has 0 fully saturated rings. The van der Waals surface area contributed by atoms with Crippen molar-refractivity contribution in [2.45, 2.75) is 25.7 Å². The summed E-state index contributed by atoms with van der Waals surface area (Å²) in [5.41, 5.74) is 1.18. The predicted octanol–water partition coefficient (Wildman–Crippen LogP) is 4.92. The smallest absolute Gasteiger partial charge is 0.271 e. The Bertz CT molecular complexity index is 957. The van der Waals surface area contributed by atoms with Gasteiger partial charge in [0.2, 0.25) is 5.88 Å². The normalized spacial score (nSPS) is 13.7. The van der Waals surface area contributed by atoms with Gasteiger partial charge in [-0.3, -0.25) is 10.1 Å². The Morgan fingerprint density at radius 1 is 1.25 bits per heavy atom. The number of ether oxygens (including phenoxy) is 1. The summed E-state index contributed by atoms with van der Waals surface area (Å²) in [6.07, 6.45) is 5.86. The van der Waals surface area contributed by atoms with Crippen LogP contribution in [0.1, 0.15) is 23.3 Å². The number of rotatable bonds is 3. The van der Waals surface area contributed by atoms with Crippen LogP contribution in [0.2, 0.25) is 5.02 Å². The molecule has 2 aromatic heterocycles. The average Bonchev–Trinajstić information content (AvgIpc) is 2.96. The molecule has 1 aliphatic carbocycles. The van der Waals surface area contributed by atoms with Gasteiger partial charge in [-0.25, -0.2) is 9.97 Å². The first-order valence-corrected chi connectivity index (χ1v) is 8.70. The van der Waals surface area contributed by atoms with E-state index in [9.17, 15) is 10.1 Å². The molecule has 122 valence electrons. The van der Waals surface area contributed by atoms with Gasteiger partial charge < -0.3 is 4.74 Å². The first-order valence-electron chi connectivity index (χ1n) is 7.50. The molecule has 0 aliphatic heterocycles. The minimum atomic E-state index is -0.492. The maximum Gasteiger partial charge on any atom is 0.271 e. The van der Waals surface area contributed by atoms with Crippen LogP contribution in [0.4, 0.5) is 5.69 Å². The molecular formula is C16H12ClN3O3S. The summed E-state index contributed by atoms with van der Waals surface area (Å²) >= 11 is 7.80. The fraction of sp³-hybridized carbons (Fsp3) is 0.250. The Labute approximate surface area is 146 Å². The van der Waals surface area contributed by atoms with Crippen molar-refractivity contribution in [2.75, 3.05) is 0 Å². The van der Waals surface area contributed by atoms with Gasteiger partial charge in [0.25, 0.3) is 5.69 Å². The van der Waals surface area contributed by atoms with Crippen molar-refractivity contribution in [1.29, 1.82) is 0 Å². The standard InChI is InChI=1S/C16H12ClN3O3S/c17-11-7-9(20(21)22)5-6-12(11)23-15-14-10-3-1-2-4-13(10)24-16(14)19-8-18-15/h5-8H,1-4H2. The van der Waals surface area contributed by atoms with Gasteiger partial charge in [-0.1, -0.05) is 11.6 Å². The maximum atomic E-state index is 10.8. The zero-order chi connectivity index (χ0) is 16.7. The number of thiophene rings is 1. The van der Waals surface area contributed by atoms with E-state index in [1.807, 2.05) is 0 Å². The monoisotopic (exact) mass is 361 g/mol. The lowest BCUT2D eigenvalue weighted by Crippen LogP contribution is -1.99. The third kappa shape index (κ3) is 2.59. The van der Waals surface area contributed by atoms with E-state index in [-0.39, 0.29) is 10.7 Å². The van der Waals surface area contributed by atoms with Crippen LogP contribution < -0.4 is 4.74 Å². The van der Waals surface area contributed by atoms with Gasteiger partial charge in [-0.15, -0.1) is 11.3 Å². The highest BCUT2D eigenvalue weighted by Gasteiger charge is 2.21. The first-order chi connectivity index (χ1) is 11.6. The molecule has 0 radical (unpaired) electrons. The van der Waals surface area contributed by atoms with Crippen molar-refractivity contribution in [2.24, 2.45) is 0 Å². The zero-order valence-corrected chi connectivity index (χ0v) is 14.1. The number of nitro benzene ring substituents is 1. The van der Waals surface area contributed by atoms with Crippen LogP contribution in [-0.4, -0.2) is 14.9 Å². The van der Waals surface area contributed by atoms with E-state index < -0.39 is 4.92 Å². The van der Waals surface area contributed by atoms with Gasteiger partial charge in [0.15, 0.2) is 0 Å². The molecule has 0 saturated heterocycles. The van der Waals surface area contributed by atoms with Crippen LogP contribution in [0.5, 0.6) is 11.6 Å². The number of halogens is 1. The minimum Gasteiger partial charge on any atom is -0.437 e. The number of nitrogens with zero attached hydrogens (tertiary/aromatic N) is 3. The summed E-state index contributed by atoms with van der Waals surface area (Å²) in [5.74, 6) is 0.799. The van der Waals surface area contributed by atoms with Crippen molar-refractivity contribution >= 4 is 38.8 Å². The van der Waals surface area contributed by atoms with Crippen LogP contribution in [0.3, 0.4) is 0 Å². The molecule has 2 heterocycles. The molecule has 0 unspecified atom stereocenters. The molecule has 0 spiro atoms. The number of aryl methyl sites for hydroxylation is 2. The third-order valence-corrected chi connectivity index (χ3v) is 5.54. The second kappa shape index (κ2) is 5.99. The molecule has 6 nitrogen and oxygen atoms in total. The van der Waals surface area contributed by atoms with E-state index in [1.54, 1.807) is 11.3 Å². The quantitative estimate of drug-likeness (QED) is 0.488. The van der Waals surface area contributed by atoms with Crippen molar-refractivity contribution in [3.8, 4) is 11.6 Å². The van der Waals surface area contributed by atoms with Crippen LogP contribution in [-0.2, 0) is 12.8 Å². The van der Waals surface area contributed by atoms with E-state index >= 15 is 0 Å². The van der Waals surface area contributed by atoms with Crippen molar-refractivity contribution < 1.29 is 9.66 Å². The Hall–Kier alpha value is -2.25. The fourth-order valence-electron chi connectivity index (χ4n) is 2.93. The lowest BCUT2D eigenvalue weighted by Gasteiger charge is -2.12. The summed E-state index contributed by atoms with van der Waals surface area (Å²) in [6, 6.07) is 4.13. The summed E-state index contributed by atoms with van der Waals surface area (Å²) in [4.78, 5) is 21.2. The predicted molar refractivity (Wildman–Crippen MR) is 92.2 cm³/mol. The second-order valence-corrected chi connectivity index (χ2v) is 7.03. The van der Waals surface area contributed by atoms with Crippen molar-refractivity contribution in [3.63, 3.8) is 0 Å². The van der Waals surface area contributed by atoms with E-state index in [2.05, 4.69) is 9.97 Å². The van der Waals surface area contributed by atoms with Crippen LogP contribution in [0.15, 0.2) is 24.5 Å². The molecule has 0 atom stereocenters. The second-order valence-electron chi connectivity index (χ2n) is 5.54. The number of benzene rings is 1. The molecule has 24 heavy (non-hydrogen) atoms. The first kappa shape index (κ1) is 15.3. The van der Waals surface area contributed by atoms with E-state index in [0.717, 1.165) is 29.5 Å². The number of hydrogen-bond donors (Lipinski definition) is 0. The molecule has 0 amide bonds. The lowest BCUT2D eigenvalue weighted by molar-refractivity contribution is -0.384. The van der Waals surface area contributed by atoms with E-state index in [4.69, 9.17) is 16.3 Å². The Kier molecular flexibility index (Phi) is 3.82. The SMILES string of the molecule is O=[N+]([O-])c1ccc(Oc2ncnc3sc4c(c23)CCCC4)c(Cl)c1. The number of nitro groups is 1. The van der Waals surface area contributed by atoms with E-state index in [1.165, 1.54) is 41.4 Å². The summed E-state index contributed by atoms with van der Waals surface area (Å²) in [6.45, 7) is 0. The third-order valence-electron chi connectivity index (χ3n) is 4.05. The topological polar surface area (TPSA) is 78.2 Å². The fourth-order valence-corrected chi connectivity index (χ4v) is 4.36. The molecule has 0 N–H and O–H groups in total. The Morgan fingerprint density at radius 2 is 2.08 bits per heavy atom. The molecule has 4 rings (SSSR count). The summed E-state index contributed by atoms with van der Waals surface area (Å²) < 4.78 is 5.88. The molecule has 3 aromatic rings. The molecule has 0 saturated carbocycles. The maximum absolute atomic E-state index is 10.8. The highest BCUT2D eigenvalue weighted by Crippen LogP contribution is 2.41. The van der Waals surface area contributed by atoms with Crippen LogP contribution in [0.25, 0.3) is 10.2 Å². The number of hydrogen-bond acceptors (Lipinski definition) is 6. The molecular weight excluding hydrogens is 350 g/mol. The number of non-ortho nitro benzene ring substituents is 1. The van der Waals surface area contributed by atoms with E-state index in [0.29, 0.717) is 11.6 Å². The zero-order valence-electron chi connectivity index (χ0n) is 12.5. The molecule has 8 heteroatoms. The summed E-state index contributed by atoms with van der Waals surface area (Å²) in [5, 5.41) is 11.9. The average molecular weight is 362 g/mol. The lowest BCUT2D eigenvalue weighted by atomic mass is 9.97. The van der Waals surface area contributed by atoms with Gasteiger partial charge >= 0.3 is 0 Å². The van der Waals surface area contributed by atoms with Gasteiger partial charge in [0, 0.05) is 17.0 Å². The van der Waals surface area contributed by atoms with Crippen molar-refractivity contribution in [3.05, 3.63) is 50.1 Å². The highest BCUT2D eigenvalue weighted by molar-refractivity contribution is 7.18. The van der Waals surface area contributed by atoms with Gasteiger partial charge in [-0.05, 0) is 37.3 Å². The molecule has 0 bridgehead atoms. The molecule has 1 aromatic carbocycles. The van der Waals surface area contributed by atoms with Crippen LogP contribution >= 0.6 is 22.9 Å². The summed E-state index contributed by atoms with van der Waals surface area (Å²) in [7, 11) is 0. The minimum absolute atomic E-state index is 0.0758. The molecule has 1 aliphatic rings.